The first-order chi connectivity index (χ1) is 6.24. The van der Waals surface area contributed by atoms with Crippen molar-refractivity contribution in [1.29, 1.82) is 0 Å². The van der Waals surface area contributed by atoms with Crippen LogP contribution in [0.5, 0.6) is 0 Å². The molecule has 0 saturated carbocycles. The van der Waals surface area contributed by atoms with Crippen LogP contribution in [0, 0.1) is 0 Å². The summed E-state index contributed by atoms with van der Waals surface area (Å²) in [5, 5.41) is 8.94. The van der Waals surface area contributed by atoms with Crippen molar-refractivity contribution in [2.45, 2.75) is 6.92 Å². The van der Waals surface area contributed by atoms with Crippen molar-refractivity contribution in [1.82, 2.24) is 10.2 Å². The van der Waals surface area contributed by atoms with E-state index in [4.69, 9.17) is 5.73 Å². The molecule has 1 aromatic heterocycles. The number of aromatic amines is 1. The summed E-state index contributed by atoms with van der Waals surface area (Å²) >= 11 is 0. The summed E-state index contributed by atoms with van der Waals surface area (Å²) in [4.78, 5) is 11.3. The minimum atomic E-state index is -0.160. The Bertz CT molecular complexity index is 302. The van der Waals surface area contributed by atoms with Crippen molar-refractivity contribution in [2.75, 3.05) is 11.9 Å². The number of amides is 1. The van der Waals surface area contributed by atoms with Gasteiger partial charge in [0.15, 0.2) is 0 Å². The highest BCUT2D eigenvalue weighted by Crippen LogP contribution is 2.03. The first kappa shape index (κ1) is 9.47. The molecule has 0 aliphatic rings. The fraction of sp³-hybridized carbons (Fsp3) is 0.250. The second-order valence-electron chi connectivity index (χ2n) is 2.56. The zero-order chi connectivity index (χ0) is 9.68. The summed E-state index contributed by atoms with van der Waals surface area (Å²) in [7, 11) is 0. The number of rotatable bonds is 3. The summed E-state index contributed by atoms with van der Waals surface area (Å²) in [5.41, 5.74) is 6.51. The predicted octanol–water partition coefficient (Wildman–Crippen LogP) is 0.253. The van der Waals surface area contributed by atoms with E-state index in [-0.39, 0.29) is 5.91 Å². The highest BCUT2D eigenvalue weighted by molar-refractivity contribution is 6.03. The Morgan fingerprint density at radius 3 is 3.15 bits per heavy atom. The molecule has 13 heavy (non-hydrogen) atoms. The normalized spacial score (nSPS) is 11.4. The maximum atomic E-state index is 11.3. The quantitative estimate of drug-likeness (QED) is 0.583. The number of anilines is 1. The lowest BCUT2D eigenvalue weighted by Gasteiger charge is -2.00. The average molecular weight is 180 g/mol. The molecule has 0 unspecified atom stereocenters. The number of aromatic nitrogens is 2. The van der Waals surface area contributed by atoms with Gasteiger partial charge in [0.1, 0.15) is 0 Å². The fourth-order valence-electron chi connectivity index (χ4n) is 0.818. The molecule has 1 amide bonds. The number of hydrogen-bond acceptors (Lipinski definition) is 3. The van der Waals surface area contributed by atoms with Gasteiger partial charge in [0, 0.05) is 18.3 Å². The molecule has 0 bridgehead atoms. The molecule has 5 nitrogen and oxygen atoms in total. The minimum Gasteiger partial charge on any atom is -0.327 e. The van der Waals surface area contributed by atoms with E-state index in [2.05, 4.69) is 15.5 Å². The lowest BCUT2D eigenvalue weighted by atomic mass is 10.2. The van der Waals surface area contributed by atoms with Crippen molar-refractivity contribution >= 4 is 11.6 Å². The van der Waals surface area contributed by atoms with Crippen LogP contribution < -0.4 is 11.1 Å². The number of nitrogens with one attached hydrogen (secondary N) is 2. The lowest BCUT2D eigenvalue weighted by Crippen LogP contribution is -2.13. The summed E-state index contributed by atoms with van der Waals surface area (Å²) in [5.74, 6) is -0.160. The highest BCUT2D eigenvalue weighted by Gasteiger charge is 2.03. The van der Waals surface area contributed by atoms with Gasteiger partial charge in [-0.3, -0.25) is 9.89 Å². The van der Waals surface area contributed by atoms with Gasteiger partial charge in [0.2, 0.25) is 0 Å². The summed E-state index contributed by atoms with van der Waals surface area (Å²) < 4.78 is 0. The molecule has 5 heteroatoms. The predicted molar refractivity (Wildman–Crippen MR) is 50.0 cm³/mol. The van der Waals surface area contributed by atoms with Crippen LogP contribution in [0.4, 0.5) is 5.69 Å². The molecule has 70 valence electrons. The van der Waals surface area contributed by atoms with Gasteiger partial charge in [-0.2, -0.15) is 5.10 Å². The van der Waals surface area contributed by atoms with Crippen LogP contribution in [-0.2, 0) is 4.79 Å². The second kappa shape index (κ2) is 4.42. The third-order valence-electron chi connectivity index (χ3n) is 1.54. The summed E-state index contributed by atoms with van der Waals surface area (Å²) in [6, 6.07) is 0. The molecular weight excluding hydrogens is 168 g/mol. The molecule has 0 aliphatic heterocycles. The number of carbonyl (C=O) groups excluding carboxylic acids is 1. The van der Waals surface area contributed by atoms with E-state index >= 15 is 0 Å². The van der Waals surface area contributed by atoms with Gasteiger partial charge >= 0.3 is 0 Å². The van der Waals surface area contributed by atoms with Crippen LogP contribution in [0.2, 0.25) is 0 Å². The molecule has 0 atom stereocenters. The van der Waals surface area contributed by atoms with Crippen LogP contribution >= 0.6 is 0 Å². The summed E-state index contributed by atoms with van der Waals surface area (Å²) in [6.45, 7) is 2.08. The number of nitrogens with two attached hydrogens (primary N) is 1. The smallest absolute Gasteiger partial charge is 0.251 e. The van der Waals surface area contributed by atoms with Crippen molar-refractivity contribution in [3.8, 4) is 0 Å². The Kier molecular flexibility index (Phi) is 3.22. The van der Waals surface area contributed by atoms with Gasteiger partial charge in [-0.1, -0.05) is 6.08 Å². The molecule has 4 N–H and O–H groups in total. The van der Waals surface area contributed by atoms with E-state index in [9.17, 15) is 4.79 Å². The van der Waals surface area contributed by atoms with Crippen LogP contribution in [0.3, 0.4) is 0 Å². The standard InChI is InChI=1S/C8H12N4O/c1-6(2-3-9)8(13)12-7-4-10-11-5-7/h2,4-5H,3,9H2,1H3,(H,10,11)(H,12,13)/b6-2+. The van der Waals surface area contributed by atoms with Crippen LogP contribution in [-0.4, -0.2) is 22.6 Å². The number of nitrogens with zero attached hydrogens (tertiary/aromatic N) is 1. The van der Waals surface area contributed by atoms with Gasteiger partial charge in [-0.25, -0.2) is 0 Å². The molecular formula is C8H12N4O. The first-order valence-corrected chi connectivity index (χ1v) is 3.91. The SMILES string of the molecule is C/C(=C\CN)C(=O)Nc1cn[nH]c1. The highest BCUT2D eigenvalue weighted by atomic mass is 16.1. The Morgan fingerprint density at radius 2 is 2.62 bits per heavy atom. The first-order valence-electron chi connectivity index (χ1n) is 3.91. The molecule has 0 aromatic carbocycles. The molecule has 1 aromatic rings. The third kappa shape index (κ3) is 2.72. The van der Waals surface area contributed by atoms with Crippen LogP contribution in [0.25, 0.3) is 0 Å². The zero-order valence-electron chi connectivity index (χ0n) is 7.37. The third-order valence-corrected chi connectivity index (χ3v) is 1.54. The lowest BCUT2D eigenvalue weighted by molar-refractivity contribution is -0.112. The Hall–Kier alpha value is -1.62. The maximum absolute atomic E-state index is 11.3. The molecule has 1 heterocycles. The molecule has 0 aliphatic carbocycles. The number of carbonyl (C=O) groups is 1. The Morgan fingerprint density at radius 1 is 1.85 bits per heavy atom. The molecule has 0 radical (unpaired) electrons. The largest absolute Gasteiger partial charge is 0.327 e. The minimum absolute atomic E-state index is 0.160. The molecule has 0 fully saturated rings. The van der Waals surface area contributed by atoms with Crippen molar-refractivity contribution in [3.05, 3.63) is 24.0 Å². The van der Waals surface area contributed by atoms with Gasteiger partial charge in [0.25, 0.3) is 5.91 Å². The Labute approximate surface area is 76.0 Å². The van der Waals surface area contributed by atoms with E-state index in [1.165, 1.54) is 6.20 Å². The van der Waals surface area contributed by atoms with E-state index in [0.717, 1.165) is 0 Å². The maximum Gasteiger partial charge on any atom is 0.251 e. The molecule has 0 saturated heterocycles. The van der Waals surface area contributed by atoms with E-state index in [1.807, 2.05) is 0 Å². The topological polar surface area (TPSA) is 83.8 Å². The average Bonchev–Trinajstić information content (AvgIpc) is 2.57. The molecule has 1 rings (SSSR count). The zero-order valence-corrected chi connectivity index (χ0v) is 7.37. The number of hydrogen-bond donors (Lipinski definition) is 3. The van der Waals surface area contributed by atoms with Crippen LogP contribution in [0.1, 0.15) is 6.92 Å². The van der Waals surface area contributed by atoms with Gasteiger partial charge in [0.05, 0.1) is 11.9 Å². The number of H-pyrrole nitrogens is 1. The van der Waals surface area contributed by atoms with Gasteiger partial charge < -0.3 is 11.1 Å². The van der Waals surface area contributed by atoms with Gasteiger partial charge in [-0.15, -0.1) is 0 Å². The molecule has 0 spiro atoms. The van der Waals surface area contributed by atoms with Crippen molar-refractivity contribution in [2.24, 2.45) is 5.73 Å². The Balaban J connectivity index is 2.56. The summed E-state index contributed by atoms with van der Waals surface area (Å²) in [6.07, 6.45) is 4.80. The second-order valence-corrected chi connectivity index (χ2v) is 2.56. The fourth-order valence-corrected chi connectivity index (χ4v) is 0.818. The van der Waals surface area contributed by atoms with E-state index in [0.29, 0.717) is 17.8 Å². The monoisotopic (exact) mass is 180 g/mol. The van der Waals surface area contributed by atoms with Crippen LogP contribution in [0.15, 0.2) is 24.0 Å². The van der Waals surface area contributed by atoms with E-state index < -0.39 is 0 Å². The van der Waals surface area contributed by atoms with E-state index in [1.54, 1.807) is 19.2 Å². The van der Waals surface area contributed by atoms with Crippen molar-refractivity contribution < 1.29 is 4.79 Å². The van der Waals surface area contributed by atoms with Crippen molar-refractivity contribution in [3.63, 3.8) is 0 Å². The van der Waals surface area contributed by atoms with Gasteiger partial charge in [-0.05, 0) is 6.92 Å².